The number of rotatable bonds is 1. The zero-order valence-electron chi connectivity index (χ0n) is 12.6. The fraction of sp³-hybridized carbons (Fsp3) is 0.688. The summed E-state index contributed by atoms with van der Waals surface area (Å²) >= 11 is 0. The maximum atomic E-state index is 12.9. The summed E-state index contributed by atoms with van der Waals surface area (Å²) in [7, 11) is 0. The van der Waals surface area contributed by atoms with Gasteiger partial charge in [-0.3, -0.25) is 4.79 Å². The van der Waals surface area contributed by atoms with Gasteiger partial charge in [0.15, 0.2) is 0 Å². The van der Waals surface area contributed by atoms with Gasteiger partial charge in [-0.25, -0.2) is 0 Å². The predicted molar refractivity (Wildman–Crippen MR) is 79.3 cm³/mol. The molecule has 2 aliphatic rings. The fourth-order valence-electron chi connectivity index (χ4n) is 3.78. The van der Waals surface area contributed by atoms with E-state index in [9.17, 15) is 4.79 Å². The van der Waals surface area contributed by atoms with E-state index in [1.165, 1.54) is 17.8 Å². The average Bonchev–Trinajstić information content (AvgIpc) is 2.82. The van der Waals surface area contributed by atoms with E-state index in [2.05, 4.69) is 30.5 Å². The lowest BCUT2D eigenvalue weighted by Gasteiger charge is -2.42. The zero-order valence-corrected chi connectivity index (χ0v) is 12.6. The number of aryl methyl sites for hydroxylation is 1. The monoisotopic (exact) mass is 275 g/mol. The second kappa shape index (κ2) is 4.92. The Balaban J connectivity index is 1.83. The van der Waals surface area contributed by atoms with Gasteiger partial charge in [0, 0.05) is 24.5 Å². The Morgan fingerprint density at radius 1 is 1.25 bits per heavy atom. The smallest absolute Gasteiger partial charge is 0.243 e. The van der Waals surface area contributed by atoms with Crippen LogP contribution in [0, 0.1) is 6.92 Å². The molecule has 0 aromatic carbocycles. The summed E-state index contributed by atoms with van der Waals surface area (Å²) in [6.45, 7) is 5.91. The normalized spacial score (nSPS) is 25.4. The lowest BCUT2D eigenvalue weighted by atomic mass is 9.81. The van der Waals surface area contributed by atoms with Crippen molar-refractivity contribution < 1.29 is 4.79 Å². The third-order valence-electron chi connectivity index (χ3n) is 5.13. The van der Waals surface area contributed by atoms with E-state index in [4.69, 9.17) is 5.73 Å². The molecule has 1 saturated carbocycles. The van der Waals surface area contributed by atoms with E-state index >= 15 is 0 Å². The Hall–Kier alpha value is -1.29. The first kappa shape index (κ1) is 13.7. The summed E-state index contributed by atoms with van der Waals surface area (Å²) in [5.74, 6) is 0.162. The van der Waals surface area contributed by atoms with Gasteiger partial charge >= 0.3 is 0 Å². The molecule has 1 aliphatic heterocycles. The Morgan fingerprint density at radius 2 is 1.95 bits per heavy atom. The van der Waals surface area contributed by atoms with Gasteiger partial charge in [0.25, 0.3) is 0 Å². The number of hydrogen-bond acceptors (Lipinski definition) is 2. The minimum Gasteiger partial charge on any atom is -0.345 e. The topological polar surface area (TPSA) is 51.3 Å². The van der Waals surface area contributed by atoms with Gasteiger partial charge in [-0.05, 0) is 38.8 Å². The van der Waals surface area contributed by atoms with Crippen molar-refractivity contribution in [2.24, 2.45) is 5.73 Å². The third-order valence-corrected chi connectivity index (χ3v) is 5.13. The molecule has 1 fully saturated rings. The highest BCUT2D eigenvalue weighted by molar-refractivity contribution is 5.86. The first-order valence-electron chi connectivity index (χ1n) is 7.79. The average molecular weight is 275 g/mol. The van der Waals surface area contributed by atoms with Gasteiger partial charge in [-0.2, -0.15) is 0 Å². The second-order valence-electron chi connectivity index (χ2n) is 6.44. The van der Waals surface area contributed by atoms with E-state index in [1.807, 2.05) is 4.90 Å². The molecule has 20 heavy (non-hydrogen) atoms. The van der Waals surface area contributed by atoms with Crippen LogP contribution in [0.5, 0.6) is 0 Å². The Bertz CT molecular complexity index is 514. The van der Waals surface area contributed by atoms with E-state index in [1.54, 1.807) is 0 Å². The van der Waals surface area contributed by atoms with Crippen LogP contribution in [0.25, 0.3) is 0 Å². The van der Waals surface area contributed by atoms with Crippen LogP contribution in [0.4, 0.5) is 0 Å². The SMILES string of the molecule is Cc1ccc2n1CCN(C(=O)C1(N)CCCCC1)C2C. The molecule has 110 valence electrons. The molecule has 1 amide bonds. The fourth-order valence-corrected chi connectivity index (χ4v) is 3.78. The molecule has 1 aliphatic carbocycles. The summed E-state index contributed by atoms with van der Waals surface area (Å²) in [5, 5.41) is 0. The molecule has 4 heteroatoms. The predicted octanol–water partition coefficient (Wildman–Crippen LogP) is 2.36. The van der Waals surface area contributed by atoms with Gasteiger partial charge < -0.3 is 15.2 Å². The van der Waals surface area contributed by atoms with E-state index in [0.29, 0.717) is 0 Å². The molecule has 1 unspecified atom stereocenters. The Kier molecular flexibility index (Phi) is 3.36. The van der Waals surface area contributed by atoms with Crippen LogP contribution in [0.1, 0.15) is 56.5 Å². The van der Waals surface area contributed by atoms with Crippen molar-refractivity contribution in [3.63, 3.8) is 0 Å². The van der Waals surface area contributed by atoms with Crippen LogP contribution in [0.2, 0.25) is 0 Å². The molecule has 4 nitrogen and oxygen atoms in total. The molecule has 3 rings (SSSR count). The lowest BCUT2D eigenvalue weighted by Crippen LogP contribution is -2.58. The molecule has 0 saturated heterocycles. The molecule has 0 spiro atoms. The minimum absolute atomic E-state index is 0.132. The quantitative estimate of drug-likeness (QED) is 0.855. The molecule has 0 radical (unpaired) electrons. The maximum Gasteiger partial charge on any atom is 0.243 e. The number of nitrogens with two attached hydrogens (primary N) is 1. The number of fused-ring (bicyclic) bond motifs is 1. The highest BCUT2D eigenvalue weighted by Crippen LogP contribution is 2.33. The van der Waals surface area contributed by atoms with Crippen LogP contribution in [0.15, 0.2) is 12.1 Å². The minimum atomic E-state index is -0.615. The number of carbonyl (C=O) groups excluding carboxylic acids is 1. The largest absolute Gasteiger partial charge is 0.345 e. The van der Waals surface area contributed by atoms with Crippen LogP contribution in [0.3, 0.4) is 0 Å². The number of nitrogens with zero attached hydrogens (tertiary/aromatic N) is 2. The van der Waals surface area contributed by atoms with Crippen molar-refractivity contribution in [3.05, 3.63) is 23.5 Å². The highest BCUT2D eigenvalue weighted by atomic mass is 16.2. The van der Waals surface area contributed by atoms with Crippen LogP contribution < -0.4 is 5.73 Å². The van der Waals surface area contributed by atoms with Crippen molar-refractivity contribution in [1.29, 1.82) is 0 Å². The standard InChI is InChI=1S/C16H25N3O/c1-12-6-7-14-13(2)19(11-10-18(12)14)15(20)16(17)8-4-3-5-9-16/h6-7,13H,3-5,8-11,17H2,1-2H3. The molecule has 1 aromatic rings. The van der Waals surface area contributed by atoms with Crippen LogP contribution in [-0.2, 0) is 11.3 Å². The first-order chi connectivity index (χ1) is 9.53. The molecular formula is C16H25N3O. The van der Waals surface area contributed by atoms with Crippen molar-refractivity contribution in [1.82, 2.24) is 9.47 Å². The number of carbonyl (C=O) groups is 1. The van der Waals surface area contributed by atoms with Gasteiger partial charge in [-0.1, -0.05) is 19.3 Å². The van der Waals surface area contributed by atoms with Gasteiger partial charge in [0.05, 0.1) is 11.6 Å². The molecular weight excluding hydrogens is 250 g/mol. The number of aromatic nitrogens is 1. The maximum absolute atomic E-state index is 12.9. The van der Waals surface area contributed by atoms with Crippen molar-refractivity contribution in [2.75, 3.05) is 6.54 Å². The second-order valence-corrected chi connectivity index (χ2v) is 6.44. The van der Waals surface area contributed by atoms with Crippen LogP contribution in [-0.4, -0.2) is 27.5 Å². The van der Waals surface area contributed by atoms with Crippen molar-refractivity contribution in [3.8, 4) is 0 Å². The molecule has 0 bridgehead atoms. The summed E-state index contributed by atoms with van der Waals surface area (Å²) in [6, 6.07) is 4.41. The van der Waals surface area contributed by atoms with Gasteiger partial charge in [-0.15, -0.1) is 0 Å². The summed E-state index contributed by atoms with van der Waals surface area (Å²) in [6.07, 6.45) is 5.06. The van der Waals surface area contributed by atoms with E-state index in [0.717, 1.165) is 38.8 Å². The first-order valence-corrected chi connectivity index (χ1v) is 7.79. The molecule has 2 N–H and O–H groups in total. The molecule has 2 heterocycles. The van der Waals surface area contributed by atoms with Gasteiger partial charge in [0.2, 0.25) is 5.91 Å². The highest BCUT2D eigenvalue weighted by Gasteiger charge is 2.41. The van der Waals surface area contributed by atoms with Gasteiger partial charge in [0.1, 0.15) is 0 Å². The van der Waals surface area contributed by atoms with Crippen LogP contribution >= 0.6 is 0 Å². The summed E-state index contributed by atoms with van der Waals surface area (Å²) in [5.41, 5.74) is 8.32. The number of amides is 1. The number of hydrogen-bond donors (Lipinski definition) is 1. The zero-order chi connectivity index (χ0) is 14.3. The van der Waals surface area contributed by atoms with E-state index in [-0.39, 0.29) is 11.9 Å². The summed E-state index contributed by atoms with van der Waals surface area (Å²) < 4.78 is 2.32. The van der Waals surface area contributed by atoms with Crippen molar-refractivity contribution in [2.45, 2.75) is 64.1 Å². The van der Waals surface area contributed by atoms with E-state index < -0.39 is 5.54 Å². The molecule has 1 aromatic heterocycles. The third kappa shape index (κ3) is 2.06. The Labute approximate surface area is 120 Å². The summed E-state index contributed by atoms with van der Waals surface area (Å²) in [4.78, 5) is 14.9. The molecule has 1 atom stereocenters. The van der Waals surface area contributed by atoms with Crippen molar-refractivity contribution >= 4 is 5.91 Å². The lowest BCUT2D eigenvalue weighted by molar-refractivity contribution is -0.141. The Morgan fingerprint density at radius 3 is 2.65 bits per heavy atom.